The molecular weight excluding hydrogens is 813 g/mol. The number of aryl methyl sites for hydroxylation is 1. The highest BCUT2D eigenvalue weighted by Gasteiger charge is 2.62. The van der Waals surface area contributed by atoms with Crippen LogP contribution in [0, 0.1) is 18.3 Å². The van der Waals surface area contributed by atoms with Crippen LogP contribution < -0.4 is 25.2 Å². The second-order valence-electron chi connectivity index (χ2n) is 17.9. The zero-order chi connectivity index (χ0) is 43.3. The van der Waals surface area contributed by atoms with Gasteiger partial charge in [0.25, 0.3) is 0 Å². The van der Waals surface area contributed by atoms with E-state index in [1.165, 1.54) is 11.3 Å². The maximum atomic E-state index is 14.9. The number of nitrogens with zero attached hydrogens (tertiary/aromatic N) is 3. The number of benzene rings is 2. The van der Waals surface area contributed by atoms with Gasteiger partial charge in [0.1, 0.15) is 34.3 Å². The molecule has 2 aromatic carbocycles. The Hall–Kier alpha value is -5.02. The molecule has 2 aromatic heterocycles. The van der Waals surface area contributed by atoms with E-state index in [1.807, 2.05) is 54.8 Å². The molecule has 4 N–H and O–H groups in total. The van der Waals surface area contributed by atoms with E-state index in [-0.39, 0.29) is 42.9 Å². The van der Waals surface area contributed by atoms with Crippen LogP contribution in [-0.4, -0.2) is 77.5 Å². The highest BCUT2D eigenvalue weighted by Crippen LogP contribution is 2.57. The fraction of sp³-hybridized carbons (Fsp3) is 0.500. The zero-order valence-corrected chi connectivity index (χ0v) is 37.2. The third-order valence-corrected chi connectivity index (χ3v) is 16.1. The quantitative estimate of drug-likeness (QED) is 0.105. The number of Topliss-reactive ketones (excluding diaryl/α,β-unsaturated/α-hetero) is 1. The number of carbonyl (C=O) groups is 3. The number of carbonyl (C=O) groups excluding carboxylic acids is 3. The molecule has 5 atom stereocenters. The number of ketones is 1. The molecule has 324 valence electrons. The fourth-order valence-corrected chi connectivity index (χ4v) is 11.0. The van der Waals surface area contributed by atoms with Gasteiger partial charge in [-0.15, -0.1) is 11.3 Å². The Kier molecular flexibility index (Phi) is 11.7. The second-order valence-corrected chi connectivity index (χ2v) is 20.9. The third kappa shape index (κ3) is 8.60. The van der Waals surface area contributed by atoms with Crippen molar-refractivity contribution in [2.75, 3.05) is 24.7 Å². The molecule has 13 nitrogen and oxygen atoms in total. The number of hydrogen-bond donors (Lipinski definition) is 3. The van der Waals surface area contributed by atoms with Gasteiger partial charge in [0.05, 0.1) is 41.1 Å². The number of nitrogens with one attached hydrogen (secondary N) is 2. The van der Waals surface area contributed by atoms with Crippen molar-refractivity contribution in [2.45, 2.75) is 121 Å². The summed E-state index contributed by atoms with van der Waals surface area (Å²) in [5, 5.41) is 6.97. The number of methoxy groups -OCH3 is 1. The first-order valence-corrected chi connectivity index (χ1v) is 23.8. The standard InChI is InChI=1S/C46H56N6O7S2/c1-27(2)36-26-60-42(50-36)35-22-40(33-17-18-39(58-5)28(3)41(33)49-35)59-32-21-37-38(53)24-46(44(55)51-61(56,57)45(4)19-20-45)23-29(46)11-9-7-6-8-10-12-34(43(54)52(37)25-32)48-31-15-13-30(47)14-16-31/h9,11,13-18,22,26-27,29,32,34,37,48H,6-8,10,12,19-21,23-25,47H2,1-5H3,(H,51,55)/b11-9-/t29-,32+,34-,37-,46+/m0/s1. The number of pyridine rings is 1. The Bertz CT molecular complexity index is 2480. The summed E-state index contributed by atoms with van der Waals surface area (Å²) >= 11 is 1.51. The maximum Gasteiger partial charge on any atom is 0.245 e. The third-order valence-electron chi connectivity index (χ3n) is 13.1. The Morgan fingerprint density at radius 2 is 1.82 bits per heavy atom. The molecule has 2 aliphatic heterocycles. The highest BCUT2D eigenvalue weighted by molar-refractivity contribution is 7.91. The number of nitrogen functional groups attached to an aromatic ring is 1. The number of hydrogen-bond acceptors (Lipinski definition) is 12. The van der Waals surface area contributed by atoms with E-state index in [1.54, 1.807) is 31.1 Å². The van der Waals surface area contributed by atoms with Gasteiger partial charge in [-0.2, -0.15) is 0 Å². The number of ether oxygens (including phenoxy) is 2. The topological polar surface area (TPSA) is 183 Å². The minimum atomic E-state index is -3.94. The minimum Gasteiger partial charge on any atom is -0.496 e. The Balaban J connectivity index is 1.15. The van der Waals surface area contributed by atoms with Crippen molar-refractivity contribution >= 4 is 61.2 Å². The van der Waals surface area contributed by atoms with Crippen LogP contribution >= 0.6 is 11.3 Å². The van der Waals surface area contributed by atoms with Crippen LogP contribution in [0.1, 0.15) is 102 Å². The molecule has 0 unspecified atom stereocenters. The summed E-state index contributed by atoms with van der Waals surface area (Å²) in [5.74, 6) is -0.0373. The van der Waals surface area contributed by atoms with Crippen LogP contribution in [0.4, 0.5) is 11.4 Å². The molecule has 0 spiro atoms. The van der Waals surface area contributed by atoms with Gasteiger partial charge in [-0.25, -0.2) is 18.4 Å². The molecule has 2 saturated carbocycles. The van der Waals surface area contributed by atoms with Gasteiger partial charge < -0.3 is 25.4 Å². The van der Waals surface area contributed by atoms with Crippen molar-refractivity contribution in [2.24, 2.45) is 11.3 Å². The van der Waals surface area contributed by atoms with Gasteiger partial charge in [0, 0.05) is 46.6 Å². The summed E-state index contributed by atoms with van der Waals surface area (Å²) < 4.78 is 40.6. The average molecular weight is 869 g/mol. The minimum absolute atomic E-state index is 0.119. The Morgan fingerprint density at radius 1 is 1.05 bits per heavy atom. The predicted octanol–water partition coefficient (Wildman–Crippen LogP) is 7.69. The number of aromatic nitrogens is 2. The van der Waals surface area contributed by atoms with E-state index in [0.717, 1.165) is 53.0 Å². The van der Waals surface area contributed by atoms with Gasteiger partial charge in [-0.05, 0) is 101 Å². The molecule has 0 bridgehead atoms. The molecule has 1 saturated heterocycles. The van der Waals surface area contributed by atoms with Gasteiger partial charge in [0.2, 0.25) is 21.8 Å². The van der Waals surface area contributed by atoms with Gasteiger partial charge in [0.15, 0.2) is 5.78 Å². The molecule has 4 heterocycles. The smallest absolute Gasteiger partial charge is 0.245 e. The van der Waals surface area contributed by atoms with Gasteiger partial charge >= 0.3 is 0 Å². The van der Waals surface area contributed by atoms with Crippen LogP contribution in [-0.2, 0) is 24.4 Å². The molecule has 4 aliphatic rings. The van der Waals surface area contributed by atoms with E-state index in [2.05, 4.69) is 23.9 Å². The number of nitrogens with two attached hydrogens (primary N) is 1. The second kappa shape index (κ2) is 16.7. The molecule has 8 rings (SSSR count). The van der Waals surface area contributed by atoms with Gasteiger partial charge in [-0.1, -0.05) is 38.8 Å². The van der Waals surface area contributed by atoms with E-state index in [4.69, 9.17) is 25.2 Å². The summed E-state index contributed by atoms with van der Waals surface area (Å²) in [6.45, 7) is 7.89. The number of sulfonamides is 1. The van der Waals surface area contributed by atoms with Crippen LogP contribution in [0.2, 0.25) is 0 Å². The van der Waals surface area contributed by atoms with E-state index >= 15 is 0 Å². The van der Waals surface area contributed by atoms with Crippen molar-refractivity contribution in [3.8, 4) is 22.2 Å². The summed E-state index contributed by atoms with van der Waals surface area (Å²) in [6.07, 6.45) is 8.51. The van der Waals surface area contributed by atoms with Crippen LogP contribution in [0.15, 0.2) is 60.0 Å². The lowest BCUT2D eigenvalue weighted by Gasteiger charge is -2.30. The molecule has 61 heavy (non-hydrogen) atoms. The van der Waals surface area contributed by atoms with Crippen LogP contribution in [0.25, 0.3) is 21.6 Å². The number of rotatable bonds is 10. The van der Waals surface area contributed by atoms with E-state index in [9.17, 15) is 22.8 Å². The highest BCUT2D eigenvalue weighted by atomic mass is 32.2. The van der Waals surface area contributed by atoms with Crippen LogP contribution in [0.3, 0.4) is 0 Å². The molecule has 2 amide bonds. The molecule has 3 fully saturated rings. The number of thiazole rings is 1. The first kappa shape index (κ1) is 42.7. The van der Waals surface area contributed by atoms with Crippen molar-refractivity contribution < 1.29 is 32.3 Å². The molecule has 4 aromatic rings. The van der Waals surface area contributed by atoms with Crippen molar-refractivity contribution in [3.05, 3.63) is 71.3 Å². The van der Waals surface area contributed by atoms with E-state index in [0.29, 0.717) is 54.1 Å². The number of anilines is 2. The lowest BCUT2D eigenvalue weighted by molar-refractivity contribution is -0.139. The normalized spacial score (nSPS) is 25.8. The van der Waals surface area contributed by atoms with Crippen LogP contribution in [0.5, 0.6) is 11.5 Å². The summed E-state index contributed by atoms with van der Waals surface area (Å²) in [6, 6.07) is 11.3. The van der Waals surface area contributed by atoms with Gasteiger partial charge in [-0.3, -0.25) is 19.1 Å². The van der Waals surface area contributed by atoms with E-state index < -0.39 is 44.3 Å². The SMILES string of the molecule is COc1ccc2c(O[C@@H]3C[C@H]4C(=O)C[C@]5(C(=O)NS(=O)(=O)C6(C)CC6)C[C@@H]5/C=C\CCCCC[C@H](Nc5ccc(N)cc5)C(=O)N4C3)cc(-c3nc(C(C)C)cs3)nc2c1C. The Labute approximate surface area is 361 Å². The molecule has 15 heteroatoms. The van der Waals surface area contributed by atoms with Crippen molar-refractivity contribution in [3.63, 3.8) is 0 Å². The monoisotopic (exact) mass is 868 g/mol. The van der Waals surface area contributed by atoms with Crippen molar-refractivity contribution in [1.29, 1.82) is 0 Å². The first-order valence-electron chi connectivity index (χ1n) is 21.4. The lowest BCUT2D eigenvalue weighted by Crippen LogP contribution is -2.49. The summed E-state index contributed by atoms with van der Waals surface area (Å²) in [4.78, 5) is 55.5. The lowest BCUT2D eigenvalue weighted by atomic mass is 9.91. The maximum absolute atomic E-state index is 14.9. The fourth-order valence-electron chi connectivity index (χ4n) is 8.72. The molecular formula is C46H56N6O7S2. The average Bonchev–Trinajstić information content (AvgIpc) is 4.00. The summed E-state index contributed by atoms with van der Waals surface area (Å²) in [5.41, 5.74) is 9.21. The molecule has 0 radical (unpaired) electrons. The molecule has 2 aliphatic carbocycles. The Morgan fingerprint density at radius 3 is 2.52 bits per heavy atom. The zero-order valence-electron chi connectivity index (χ0n) is 35.5. The largest absolute Gasteiger partial charge is 0.496 e. The number of allylic oxidation sites excluding steroid dienone is 2. The number of fused-ring (bicyclic) bond motifs is 3. The predicted molar refractivity (Wildman–Crippen MR) is 238 cm³/mol. The first-order chi connectivity index (χ1) is 29.1. The number of amides is 2. The van der Waals surface area contributed by atoms with Crippen molar-refractivity contribution in [1.82, 2.24) is 19.6 Å². The summed E-state index contributed by atoms with van der Waals surface area (Å²) in [7, 11) is -2.32.